The lowest BCUT2D eigenvalue weighted by atomic mass is 9.84. The molecule has 1 atom stereocenters. The predicted octanol–water partition coefficient (Wildman–Crippen LogP) is 4.80. The molecule has 0 saturated heterocycles. The zero-order chi connectivity index (χ0) is 28.0. The molecule has 2 aliphatic heterocycles. The summed E-state index contributed by atoms with van der Waals surface area (Å²) in [5.41, 5.74) is 3.38. The quantitative estimate of drug-likeness (QED) is 0.196. The molecule has 0 bridgehead atoms. The molecule has 4 aromatic rings. The Morgan fingerprint density at radius 3 is 2.70 bits per heavy atom. The van der Waals surface area contributed by atoms with Gasteiger partial charge in [0, 0.05) is 46.8 Å². The molecule has 3 heterocycles. The molecule has 40 heavy (non-hydrogen) atoms. The summed E-state index contributed by atoms with van der Waals surface area (Å²) in [6, 6.07) is 16.1. The molecule has 0 fully saturated rings. The van der Waals surface area contributed by atoms with E-state index in [0.717, 1.165) is 16.5 Å². The van der Waals surface area contributed by atoms with E-state index in [0.29, 0.717) is 39.7 Å². The van der Waals surface area contributed by atoms with Gasteiger partial charge in [0.1, 0.15) is 23.0 Å². The average Bonchev–Trinajstić information content (AvgIpc) is 3.46. The molecular formula is C31H25NO8. The van der Waals surface area contributed by atoms with Crippen LogP contribution >= 0.6 is 0 Å². The zero-order valence-corrected chi connectivity index (χ0v) is 22.1. The molecule has 6 rings (SSSR count). The first-order valence-corrected chi connectivity index (χ1v) is 12.6. The maximum Gasteiger partial charge on any atom is 0.343 e. The van der Waals surface area contributed by atoms with Crippen molar-refractivity contribution >= 4 is 34.7 Å². The largest absolute Gasteiger partial charge is 0.497 e. The number of aromatic nitrogens is 1. The molecule has 0 N–H and O–H groups in total. The van der Waals surface area contributed by atoms with E-state index in [4.69, 9.17) is 23.7 Å². The van der Waals surface area contributed by atoms with Crippen molar-refractivity contribution in [2.75, 3.05) is 20.8 Å². The molecule has 0 radical (unpaired) electrons. The Labute approximate surface area is 229 Å². The van der Waals surface area contributed by atoms with Gasteiger partial charge in [-0.15, -0.1) is 0 Å². The van der Waals surface area contributed by atoms with Crippen LogP contribution in [0.1, 0.15) is 39.4 Å². The summed E-state index contributed by atoms with van der Waals surface area (Å²) in [4.78, 5) is 37.9. The standard InChI is InChI=1S/C31H25NO8/c1-32-15-17(21-13-18(36-2)8-10-23(21)32)12-26-30(35)20-9-11-25-29(31(20)40-26)22(14-27(33)39-25)19-6-4-5-7-24(19)38-16-28(34)37-3/h4-13,15,22H,14,16H2,1-3H3. The van der Waals surface area contributed by atoms with Crippen molar-refractivity contribution in [2.45, 2.75) is 12.3 Å². The third-order valence-electron chi connectivity index (χ3n) is 7.16. The summed E-state index contributed by atoms with van der Waals surface area (Å²) in [7, 11) is 4.81. The van der Waals surface area contributed by atoms with Crippen molar-refractivity contribution in [3.05, 3.63) is 88.8 Å². The number of hydrogen-bond donors (Lipinski definition) is 0. The lowest BCUT2D eigenvalue weighted by molar-refractivity contribution is -0.143. The number of para-hydroxylation sites is 1. The van der Waals surface area contributed by atoms with Gasteiger partial charge in [0.25, 0.3) is 0 Å². The van der Waals surface area contributed by atoms with Crippen LogP contribution in [0.25, 0.3) is 17.0 Å². The first-order chi connectivity index (χ1) is 19.4. The minimum absolute atomic E-state index is 0.00175. The number of rotatable bonds is 6. The normalized spacial score (nSPS) is 16.8. The molecule has 0 aliphatic carbocycles. The van der Waals surface area contributed by atoms with Crippen LogP contribution in [-0.4, -0.2) is 43.1 Å². The number of ether oxygens (including phenoxy) is 5. The Morgan fingerprint density at radius 1 is 1.07 bits per heavy atom. The number of allylic oxidation sites excluding steroid dienone is 1. The van der Waals surface area contributed by atoms with Crippen LogP contribution in [0.15, 0.2) is 66.6 Å². The molecule has 1 aromatic heterocycles. The fourth-order valence-electron chi connectivity index (χ4n) is 5.25. The Morgan fingerprint density at radius 2 is 1.90 bits per heavy atom. The van der Waals surface area contributed by atoms with Gasteiger partial charge in [0.2, 0.25) is 5.78 Å². The van der Waals surface area contributed by atoms with Gasteiger partial charge in [0.15, 0.2) is 12.4 Å². The van der Waals surface area contributed by atoms with Crippen LogP contribution in [0.4, 0.5) is 0 Å². The second-order valence-electron chi connectivity index (χ2n) is 9.51. The number of fused-ring (bicyclic) bond motifs is 4. The van der Waals surface area contributed by atoms with Gasteiger partial charge in [-0.05, 0) is 42.5 Å². The van der Waals surface area contributed by atoms with Gasteiger partial charge in [-0.1, -0.05) is 18.2 Å². The van der Waals surface area contributed by atoms with E-state index >= 15 is 0 Å². The smallest absolute Gasteiger partial charge is 0.343 e. The number of aryl methyl sites for hydroxylation is 1. The van der Waals surface area contributed by atoms with Gasteiger partial charge in [-0.25, -0.2) is 4.79 Å². The maximum atomic E-state index is 13.5. The minimum Gasteiger partial charge on any atom is -0.497 e. The van der Waals surface area contributed by atoms with Crippen molar-refractivity contribution < 1.29 is 38.1 Å². The van der Waals surface area contributed by atoms with Crippen LogP contribution in [0.2, 0.25) is 0 Å². The molecular weight excluding hydrogens is 514 g/mol. The highest BCUT2D eigenvalue weighted by atomic mass is 16.6. The third-order valence-corrected chi connectivity index (χ3v) is 7.16. The van der Waals surface area contributed by atoms with Gasteiger partial charge in [-0.2, -0.15) is 0 Å². The molecule has 0 saturated carbocycles. The SMILES string of the molecule is COC(=O)COc1ccccc1C1CC(=O)Oc2ccc3c(c21)OC(=Cc1cn(C)c2ccc(OC)cc12)C3=O. The van der Waals surface area contributed by atoms with Gasteiger partial charge >= 0.3 is 11.9 Å². The van der Waals surface area contributed by atoms with E-state index in [1.807, 2.05) is 48.1 Å². The topological polar surface area (TPSA) is 102 Å². The summed E-state index contributed by atoms with van der Waals surface area (Å²) in [6.07, 6.45) is 3.64. The molecule has 3 aromatic carbocycles. The summed E-state index contributed by atoms with van der Waals surface area (Å²) in [6.45, 7) is -0.290. The number of esters is 2. The highest BCUT2D eigenvalue weighted by Gasteiger charge is 2.39. The van der Waals surface area contributed by atoms with Gasteiger partial charge < -0.3 is 28.3 Å². The monoisotopic (exact) mass is 539 g/mol. The highest BCUT2D eigenvalue weighted by Crippen LogP contribution is 2.50. The fourth-order valence-corrected chi connectivity index (χ4v) is 5.25. The number of hydrogen-bond acceptors (Lipinski definition) is 8. The van der Waals surface area contributed by atoms with Crippen molar-refractivity contribution in [3.63, 3.8) is 0 Å². The average molecular weight is 540 g/mol. The lowest BCUT2D eigenvalue weighted by Gasteiger charge is -2.27. The van der Waals surface area contributed by atoms with Crippen LogP contribution in [0.3, 0.4) is 0 Å². The maximum absolute atomic E-state index is 13.5. The van der Waals surface area contributed by atoms with Crippen molar-refractivity contribution in [1.82, 2.24) is 4.57 Å². The van der Waals surface area contributed by atoms with E-state index in [-0.39, 0.29) is 24.6 Å². The van der Waals surface area contributed by atoms with E-state index < -0.39 is 17.9 Å². The molecule has 9 heteroatoms. The Hall–Kier alpha value is -5.05. The molecule has 2 aliphatic rings. The summed E-state index contributed by atoms with van der Waals surface area (Å²) < 4.78 is 29.6. The lowest BCUT2D eigenvalue weighted by Crippen LogP contribution is -2.22. The van der Waals surface area contributed by atoms with Crippen molar-refractivity contribution in [2.24, 2.45) is 7.05 Å². The van der Waals surface area contributed by atoms with Crippen LogP contribution < -0.4 is 18.9 Å². The first-order valence-electron chi connectivity index (χ1n) is 12.6. The summed E-state index contributed by atoms with van der Waals surface area (Å²) >= 11 is 0. The van der Waals surface area contributed by atoms with Crippen LogP contribution in [0.5, 0.6) is 23.0 Å². The van der Waals surface area contributed by atoms with Crippen LogP contribution in [-0.2, 0) is 21.4 Å². The molecule has 9 nitrogen and oxygen atoms in total. The number of methoxy groups -OCH3 is 2. The predicted molar refractivity (Wildman–Crippen MR) is 145 cm³/mol. The number of nitrogens with zero attached hydrogens (tertiary/aromatic N) is 1. The number of carbonyl (C=O) groups excluding carboxylic acids is 3. The molecule has 202 valence electrons. The third kappa shape index (κ3) is 4.25. The first kappa shape index (κ1) is 25.2. The van der Waals surface area contributed by atoms with E-state index in [9.17, 15) is 14.4 Å². The number of Topliss-reactive ketones (excluding diaryl/α,β-unsaturated/α-hetero) is 1. The minimum atomic E-state index is -0.533. The second-order valence-corrected chi connectivity index (χ2v) is 9.51. The Bertz CT molecular complexity index is 1730. The van der Waals surface area contributed by atoms with Gasteiger partial charge in [0.05, 0.1) is 26.2 Å². The molecule has 0 amide bonds. The van der Waals surface area contributed by atoms with E-state index in [1.54, 1.807) is 37.5 Å². The second kappa shape index (κ2) is 9.92. The Balaban J connectivity index is 1.43. The van der Waals surface area contributed by atoms with E-state index in [2.05, 4.69) is 0 Å². The molecule has 1 unspecified atom stereocenters. The Kier molecular flexibility index (Phi) is 6.26. The number of benzene rings is 3. The number of carbonyl (C=O) groups is 3. The summed E-state index contributed by atoms with van der Waals surface area (Å²) in [5, 5.41) is 0.909. The zero-order valence-electron chi connectivity index (χ0n) is 22.1. The highest BCUT2D eigenvalue weighted by molar-refractivity contribution is 6.15. The van der Waals surface area contributed by atoms with Crippen molar-refractivity contribution in [3.8, 4) is 23.0 Å². The van der Waals surface area contributed by atoms with Gasteiger partial charge in [-0.3, -0.25) is 9.59 Å². The van der Waals surface area contributed by atoms with Crippen molar-refractivity contribution in [1.29, 1.82) is 0 Å². The molecule has 0 spiro atoms. The fraction of sp³-hybridized carbons (Fsp3) is 0.194. The van der Waals surface area contributed by atoms with Crippen LogP contribution in [0, 0.1) is 0 Å². The van der Waals surface area contributed by atoms with E-state index in [1.165, 1.54) is 7.11 Å². The summed E-state index contributed by atoms with van der Waals surface area (Å²) in [5.74, 6) is 0.160. The number of ketones is 1.